The van der Waals surface area contributed by atoms with Gasteiger partial charge in [-0.05, 0) is 52.4 Å². The number of nitrogens with one attached hydrogen (secondary N) is 2. The summed E-state index contributed by atoms with van der Waals surface area (Å²) in [5.74, 6) is 1.27. The van der Waals surface area contributed by atoms with Crippen molar-refractivity contribution in [3.63, 3.8) is 0 Å². The molecule has 2 aromatic carbocycles. The average molecular weight is 631 g/mol. The zero-order valence-corrected chi connectivity index (χ0v) is 24.2. The summed E-state index contributed by atoms with van der Waals surface area (Å²) in [7, 11) is 0. The van der Waals surface area contributed by atoms with E-state index in [0.717, 1.165) is 27.5 Å². The van der Waals surface area contributed by atoms with Gasteiger partial charge >= 0.3 is 6.09 Å². The Labute approximate surface area is 249 Å². The first-order valence-electron chi connectivity index (χ1n) is 13.9. The van der Waals surface area contributed by atoms with Crippen LogP contribution in [0.5, 0.6) is 0 Å². The number of nitrogens with zero attached hydrogens (tertiary/aromatic N) is 7. The van der Waals surface area contributed by atoms with Crippen LogP contribution in [0, 0.1) is 5.92 Å². The van der Waals surface area contributed by atoms with E-state index >= 15 is 0 Å². The normalized spacial score (nSPS) is 17.3. The van der Waals surface area contributed by atoms with Crippen LogP contribution < -0.4 is 10.6 Å². The van der Waals surface area contributed by atoms with Crippen molar-refractivity contribution >= 4 is 50.4 Å². The second-order valence-electron chi connectivity index (χ2n) is 10.6. The Balaban J connectivity index is 1.19. The molecule has 1 aliphatic heterocycles. The van der Waals surface area contributed by atoms with E-state index in [1.165, 1.54) is 17.7 Å². The lowest BCUT2D eigenvalue weighted by molar-refractivity contribution is -0.121. The van der Waals surface area contributed by atoms with Crippen molar-refractivity contribution in [1.29, 1.82) is 0 Å². The van der Waals surface area contributed by atoms with E-state index in [0.29, 0.717) is 41.9 Å². The number of carbonyl (C=O) groups is 2. The number of halogens is 1. The van der Waals surface area contributed by atoms with Gasteiger partial charge < -0.3 is 20.3 Å². The van der Waals surface area contributed by atoms with Gasteiger partial charge in [0.25, 0.3) is 0 Å². The molecule has 1 aliphatic carbocycles. The van der Waals surface area contributed by atoms with Crippen LogP contribution in [0.4, 0.5) is 10.7 Å². The molecule has 0 radical (unpaired) electrons. The predicted molar refractivity (Wildman–Crippen MR) is 159 cm³/mol. The van der Waals surface area contributed by atoms with Crippen molar-refractivity contribution in [2.75, 3.05) is 25.0 Å². The van der Waals surface area contributed by atoms with Crippen LogP contribution in [0.3, 0.4) is 0 Å². The second-order valence-corrected chi connectivity index (χ2v) is 11.5. The molecule has 7 rings (SSSR count). The van der Waals surface area contributed by atoms with E-state index in [-0.39, 0.29) is 19.1 Å². The average Bonchev–Trinajstić information content (AvgIpc) is 3.55. The maximum absolute atomic E-state index is 13.1. The Morgan fingerprint density at radius 3 is 2.81 bits per heavy atom. The molecule has 2 amide bonds. The van der Waals surface area contributed by atoms with Crippen LogP contribution in [-0.4, -0.2) is 71.9 Å². The van der Waals surface area contributed by atoms with Gasteiger partial charge in [0.15, 0.2) is 11.5 Å². The van der Waals surface area contributed by atoms with Gasteiger partial charge in [0.1, 0.15) is 12.6 Å². The maximum atomic E-state index is 13.1. The molecule has 5 aromatic rings. The molecule has 13 heteroatoms. The van der Waals surface area contributed by atoms with Crippen LogP contribution in [-0.2, 0) is 22.7 Å². The minimum absolute atomic E-state index is 0.0894. The molecule has 0 bridgehead atoms. The molecule has 2 N–H and O–H groups in total. The van der Waals surface area contributed by atoms with E-state index in [9.17, 15) is 9.59 Å². The summed E-state index contributed by atoms with van der Waals surface area (Å²) < 4.78 is 9.87. The molecule has 1 saturated carbocycles. The van der Waals surface area contributed by atoms with Crippen molar-refractivity contribution in [1.82, 2.24) is 39.6 Å². The number of aromatic nitrogens is 6. The van der Waals surface area contributed by atoms with Gasteiger partial charge in [0.2, 0.25) is 11.9 Å². The van der Waals surface area contributed by atoms with Crippen molar-refractivity contribution in [2.24, 2.45) is 5.92 Å². The smallest absolute Gasteiger partial charge is 0.410 e. The number of hydrogen-bond acceptors (Lipinski definition) is 8. The number of fused-ring (bicyclic) bond motifs is 3. The summed E-state index contributed by atoms with van der Waals surface area (Å²) in [6.07, 6.45) is 5.71. The Morgan fingerprint density at radius 1 is 1.12 bits per heavy atom. The van der Waals surface area contributed by atoms with Gasteiger partial charge in [-0.1, -0.05) is 36.4 Å². The number of para-hydroxylation sites is 1. The van der Waals surface area contributed by atoms with E-state index in [2.05, 4.69) is 31.7 Å². The van der Waals surface area contributed by atoms with Gasteiger partial charge in [-0.15, -0.1) is 5.10 Å². The number of anilines is 1. The monoisotopic (exact) mass is 629 g/mol. The molecule has 12 nitrogen and oxygen atoms in total. The topological polar surface area (TPSA) is 132 Å². The highest BCUT2D eigenvalue weighted by Crippen LogP contribution is 2.31. The molecule has 3 aromatic heterocycles. The van der Waals surface area contributed by atoms with E-state index in [1.807, 2.05) is 59.4 Å². The summed E-state index contributed by atoms with van der Waals surface area (Å²) in [6, 6.07) is 14.4. The van der Waals surface area contributed by atoms with Crippen LogP contribution >= 0.6 is 15.9 Å². The molecular formula is C29H28BrN9O3. The van der Waals surface area contributed by atoms with Gasteiger partial charge in [-0.2, -0.15) is 9.61 Å². The Morgan fingerprint density at radius 2 is 1.98 bits per heavy atom. The molecule has 1 atom stereocenters. The SMILES string of the molecule is O=C1NCCN(C(=O)OCc2ccccc2)C[C@H]1Nc1nc2c(Br)cccc2c2nc(-c3cnn(CC4CC4)c3)nn12. The third-order valence-corrected chi connectivity index (χ3v) is 8.09. The summed E-state index contributed by atoms with van der Waals surface area (Å²) in [5, 5.41) is 16.2. The highest BCUT2D eigenvalue weighted by atomic mass is 79.9. The standard InChI is InChI=1S/C29H28BrN9O3/c30-22-8-4-7-21-24(22)34-28(39-26(21)35-25(36-39)20-13-32-38(15-20)14-18-9-10-18)33-23-16-37(12-11-31-27(23)40)29(41)42-17-19-5-2-1-3-6-19/h1-8,13,15,18,23H,9-12,14,16-17H2,(H,31,40)(H,33,34)/t23-/m1/s1. The largest absolute Gasteiger partial charge is 0.445 e. The minimum atomic E-state index is -0.804. The van der Waals surface area contributed by atoms with E-state index in [1.54, 1.807) is 10.7 Å². The molecule has 42 heavy (non-hydrogen) atoms. The lowest BCUT2D eigenvalue weighted by atomic mass is 10.2. The zero-order valence-electron chi connectivity index (χ0n) is 22.6. The predicted octanol–water partition coefficient (Wildman–Crippen LogP) is 3.86. The van der Waals surface area contributed by atoms with Gasteiger partial charge in [0, 0.05) is 35.7 Å². The number of rotatable bonds is 7. The third kappa shape index (κ3) is 5.39. The van der Waals surface area contributed by atoms with Crippen LogP contribution in [0.25, 0.3) is 27.9 Å². The maximum Gasteiger partial charge on any atom is 0.410 e. The number of amides is 2. The molecule has 0 unspecified atom stereocenters. The van der Waals surface area contributed by atoms with Crippen LogP contribution in [0.2, 0.25) is 0 Å². The van der Waals surface area contributed by atoms with Gasteiger partial charge in [-0.25, -0.2) is 14.8 Å². The van der Waals surface area contributed by atoms with E-state index < -0.39 is 12.1 Å². The Kier molecular flexibility index (Phi) is 6.94. The number of hydrogen-bond donors (Lipinski definition) is 2. The molecule has 2 aliphatic rings. The second kappa shape index (κ2) is 11.0. The molecule has 4 heterocycles. The quantitative estimate of drug-likeness (QED) is 0.277. The number of ether oxygens (including phenoxy) is 1. The molecular weight excluding hydrogens is 602 g/mol. The van der Waals surface area contributed by atoms with Gasteiger partial charge in [-0.3, -0.25) is 9.48 Å². The van der Waals surface area contributed by atoms with Crippen LogP contribution in [0.15, 0.2) is 65.4 Å². The molecule has 0 spiro atoms. The summed E-state index contributed by atoms with van der Waals surface area (Å²) >= 11 is 3.61. The van der Waals surface area contributed by atoms with Crippen molar-refractivity contribution in [3.8, 4) is 11.4 Å². The van der Waals surface area contributed by atoms with Crippen molar-refractivity contribution < 1.29 is 14.3 Å². The van der Waals surface area contributed by atoms with Crippen molar-refractivity contribution in [3.05, 3.63) is 71.0 Å². The lowest BCUT2D eigenvalue weighted by Crippen LogP contribution is -2.44. The summed E-state index contributed by atoms with van der Waals surface area (Å²) in [4.78, 5) is 37.3. The first-order valence-corrected chi connectivity index (χ1v) is 14.7. The molecule has 214 valence electrons. The zero-order chi connectivity index (χ0) is 28.6. The molecule has 1 saturated heterocycles. The highest BCUT2D eigenvalue weighted by molar-refractivity contribution is 9.10. The number of benzene rings is 2. The Bertz CT molecular complexity index is 1780. The van der Waals surface area contributed by atoms with E-state index in [4.69, 9.17) is 19.8 Å². The third-order valence-electron chi connectivity index (χ3n) is 7.45. The Hall–Kier alpha value is -4.52. The lowest BCUT2D eigenvalue weighted by Gasteiger charge is -2.23. The fourth-order valence-corrected chi connectivity index (χ4v) is 5.49. The van der Waals surface area contributed by atoms with Gasteiger partial charge in [0.05, 0.1) is 23.8 Å². The summed E-state index contributed by atoms with van der Waals surface area (Å²) in [5.41, 5.74) is 2.94. The first-order chi connectivity index (χ1) is 20.5. The number of carbonyl (C=O) groups excluding carboxylic acids is 2. The highest BCUT2D eigenvalue weighted by Gasteiger charge is 2.30. The fraction of sp³-hybridized carbons (Fsp3) is 0.310. The summed E-state index contributed by atoms with van der Waals surface area (Å²) in [6.45, 7) is 1.75. The first kappa shape index (κ1) is 26.4. The fourth-order valence-electron chi connectivity index (χ4n) is 5.03. The molecule has 2 fully saturated rings. The van der Waals surface area contributed by atoms with Crippen LogP contribution in [0.1, 0.15) is 18.4 Å². The van der Waals surface area contributed by atoms with Crippen molar-refractivity contribution in [2.45, 2.75) is 32.0 Å². The minimum Gasteiger partial charge on any atom is -0.445 e.